The van der Waals surface area contributed by atoms with Gasteiger partial charge in [-0.05, 0) is 97.6 Å². The average Bonchev–Trinajstić information content (AvgIpc) is 3.12. The summed E-state index contributed by atoms with van der Waals surface area (Å²) in [6.45, 7) is 4.09. The number of esters is 2. The quantitative estimate of drug-likeness (QED) is 0.0288. The number of ether oxygens (including phenoxy) is 2. The van der Waals surface area contributed by atoms with Crippen molar-refractivity contribution in [2.24, 2.45) is 0 Å². The first kappa shape index (κ1) is 50.5. The molecule has 0 aliphatic heterocycles. The predicted molar refractivity (Wildman–Crippen MR) is 220 cm³/mol. The Morgan fingerprint density at radius 1 is 0.604 bits per heavy atom. The minimum atomic E-state index is -4.38. The molecule has 304 valence electrons. The average molecular weight is 764 g/mol. The lowest BCUT2D eigenvalue weighted by atomic mass is 10.1. The molecule has 0 heterocycles. The van der Waals surface area contributed by atoms with Gasteiger partial charge in [-0.15, -0.1) is 0 Å². The second-order valence-electron chi connectivity index (χ2n) is 13.4. The lowest BCUT2D eigenvalue weighted by molar-refractivity contribution is -0.161. The molecule has 0 spiro atoms. The van der Waals surface area contributed by atoms with Gasteiger partial charge in [-0.2, -0.15) is 0 Å². The Bertz CT molecular complexity index is 1110. The molecule has 10 heteroatoms. The molecule has 0 radical (unpaired) electrons. The van der Waals surface area contributed by atoms with Crippen LogP contribution in [0.2, 0.25) is 0 Å². The largest absolute Gasteiger partial charge is 0.472 e. The number of unbranched alkanes of at least 4 members (excludes halogenated alkanes) is 10. The van der Waals surface area contributed by atoms with E-state index in [1.165, 1.54) is 25.7 Å². The number of hydrogen-bond donors (Lipinski definition) is 1. The molecule has 0 aromatic carbocycles. The van der Waals surface area contributed by atoms with Crippen molar-refractivity contribution < 1.29 is 37.6 Å². The SMILES string of the molecule is CC/C=C\C/C=C\C/C=C\C/C=C\CCCCC(=O)OC(COC(=O)CCCCCCC/C=C\C/C=C\CCCCC)COP(=O)(O)OCCN(C)C. The van der Waals surface area contributed by atoms with Crippen LogP contribution in [0.15, 0.2) is 72.9 Å². The zero-order valence-corrected chi connectivity index (χ0v) is 34.6. The third-order valence-corrected chi connectivity index (χ3v) is 8.98. The van der Waals surface area contributed by atoms with E-state index in [4.69, 9.17) is 18.5 Å². The maximum absolute atomic E-state index is 12.6. The highest BCUT2D eigenvalue weighted by Crippen LogP contribution is 2.43. The van der Waals surface area contributed by atoms with Crippen LogP contribution in [0.3, 0.4) is 0 Å². The molecule has 0 aromatic rings. The molecule has 2 unspecified atom stereocenters. The lowest BCUT2D eigenvalue weighted by Gasteiger charge is -2.20. The van der Waals surface area contributed by atoms with E-state index >= 15 is 0 Å². The van der Waals surface area contributed by atoms with E-state index in [1.54, 1.807) is 4.90 Å². The molecule has 0 aliphatic rings. The van der Waals surface area contributed by atoms with Crippen LogP contribution in [0.25, 0.3) is 0 Å². The van der Waals surface area contributed by atoms with Gasteiger partial charge >= 0.3 is 19.8 Å². The van der Waals surface area contributed by atoms with Crippen LogP contribution in [0, 0.1) is 0 Å². The van der Waals surface area contributed by atoms with Crippen LogP contribution in [0.1, 0.15) is 142 Å². The Morgan fingerprint density at radius 2 is 1.08 bits per heavy atom. The number of phosphoric acid groups is 1. The number of hydrogen-bond acceptors (Lipinski definition) is 8. The van der Waals surface area contributed by atoms with Crippen molar-refractivity contribution in [1.29, 1.82) is 0 Å². The predicted octanol–water partition coefficient (Wildman–Crippen LogP) is 11.3. The fraction of sp³-hybridized carbons (Fsp3) is 0.674. The normalized spacial score (nSPS) is 14.2. The number of carbonyl (C=O) groups excluding carboxylic acids is 2. The van der Waals surface area contributed by atoms with Gasteiger partial charge < -0.3 is 19.3 Å². The van der Waals surface area contributed by atoms with Crippen LogP contribution in [-0.4, -0.2) is 68.3 Å². The number of nitrogens with zero attached hydrogens (tertiary/aromatic N) is 1. The van der Waals surface area contributed by atoms with Crippen molar-refractivity contribution in [3.05, 3.63) is 72.9 Å². The van der Waals surface area contributed by atoms with Crippen molar-refractivity contribution in [1.82, 2.24) is 4.90 Å². The Morgan fingerprint density at radius 3 is 1.64 bits per heavy atom. The van der Waals surface area contributed by atoms with Crippen molar-refractivity contribution >= 4 is 19.8 Å². The first-order valence-corrected chi connectivity index (χ1v) is 21.7. The molecule has 0 aliphatic carbocycles. The second kappa shape index (κ2) is 37.8. The van der Waals surface area contributed by atoms with Gasteiger partial charge in [0.05, 0.1) is 13.2 Å². The highest BCUT2D eigenvalue weighted by Gasteiger charge is 2.26. The van der Waals surface area contributed by atoms with E-state index in [1.807, 2.05) is 14.1 Å². The molecule has 1 N–H and O–H groups in total. The molecular formula is C43H74NO8P. The summed E-state index contributed by atoms with van der Waals surface area (Å²) in [5.41, 5.74) is 0. The minimum absolute atomic E-state index is 0.00690. The molecule has 0 rings (SSSR count). The lowest BCUT2D eigenvalue weighted by Crippen LogP contribution is -2.29. The number of allylic oxidation sites excluding steroid dienone is 12. The van der Waals surface area contributed by atoms with Gasteiger partial charge in [-0.1, -0.05) is 119 Å². The van der Waals surface area contributed by atoms with Gasteiger partial charge in [0, 0.05) is 19.4 Å². The number of likely N-dealkylation sites (N-methyl/N-ethyl adjacent to an activating group) is 1. The summed E-state index contributed by atoms with van der Waals surface area (Å²) in [7, 11) is -0.749. The van der Waals surface area contributed by atoms with E-state index in [9.17, 15) is 19.0 Å². The molecule has 2 atom stereocenters. The smallest absolute Gasteiger partial charge is 0.462 e. The number of rotatable bonds is 36. The zero-order chi connectivity index (χ0) is 39.1. The topological polar surface area (TPSA) is 112 Å². The molecule has 0 aromatic heterocycles. The highest BCUT2D eigenvalue weighted by atomic mass is 31.2. The van der Waals surface area contributed by atoms with E-state index in [2.05, 4.69) is 86.8 Å². The van der Waals surface area contributed by atoms with Gasteiger partial charge in [-0.3, -0.25) is 18.6 Å². The van der Waals surface area contributed by atoms with Crippen LogP contribution < -0.4 is 0 Å². The molecule has 53 heavy (non-hydrogen) atoms. The molecule has 0 fully saturated rings. The van der Waals surface area contributed by atoms with Gasteiger partial charge in [-0.25, -0.2) is 4.57 Å². The van der Waals surface area contributed by atoms with E-state index in [0.717, 1.165) is 77.0 Å². The molecule has 0 saturated carbocycles. The Balaban J connectivity index is 4.45. The third kappa shape index (κ3) is 39.0. The van der Waals surface area contributed by atoms with Gasteiger partial charge in [0.25, 0.3) is 0 Å². The first-order valence-electron chi connectivity index (χ1n) is 20.2. The molecule has 0 amide bonds. The van der Waals surface area contributed by atoms with Crippen LogP contribution in [0.4, 0.5) is 0 Å². The van der Waals surface area contributed by atoms with Gasteiger partial charge in [0.15, 0.2) is 6.10 Å². The van der Waals surface area contributed by atoms with E-state index in [0.29, 0.717) is 19.4 Å². The van der Waals surface area contributed by atoms with Gasteiger partial charge in [0.2, 0.25) is 0 Å². The second-order valence-corrected chi connectivity index (χ2v) is 14.9. The fourth-order valence-electron chi connectivity index (χ4n) is 4.88. The van der Waals surface area contributed by atoms with Crippen molar-refractivity contribution in [2.45, 2.75) is 148 Å². The summed E-state index contributed by atoms with van der Waals surface area (Å²) in [6, 6.07) is 0. The van der Waals surface area contributed by atoms with Crippen LogP contribution >= 0.6 is 7.82 Å². The number of carbonyl (C=O) groups is 2. The van der Waals surface area contributed by atoms with Crippen molar-refractivity contribution in [3.63, 3.8) is 0 Å². The van der Waals surface area contributed by atoms with E-state index in [-0.39, 0.29) is 26.1 Å². The summed E-state index contributed by atoms with van der Waals surface area (Å²) in [5, 5.41) is 0. The minimum Gasteiger partial charge on any atom is -0.462 e. The van der Waals surface area contributed by atoms with Crippen molar-refractivity contribution in [3.8, 4) is 0 Å². The molecule has 0 bridgehead atoms. The third-order valence-electron chi connectivity index (χ3n) is 8.00. The fourth-order valence-corrected chi connectivity index (χ4v) is 5.62. The molecular weight excluding hydrogens is 689 g/mol. The Kier molecular flexibility index (Phi) is 35.9. The van der Waals surface area contributed by atoms with Crippen LogP contribution in [-0.2, 0) is 32.7 Å². The maximum Gasteiger partial charge on any atom is 0.472 e. The van der Waals surface area contributed by atoms with Gasteiger partial charge in [0.1, 0.15) is 6.61 Å². The molecule has 0 saturated heterocycles. The summed E-state index contributed by atoms with van der Waals surface area (Å²) >= 11 is 0. The monoisotopic (exact) mass is 764 g/mol. The van der Waals surface area contributed by atoms with Crippen LogP contribution in [0.5, 0.6) is 0 Å². The summed E-state index contributed by atoms with van der Waals surface area (Å²) in [5.74, 6) is -0.876. The summed E-state index contributed by atoms with van der Waals surface area (Å²) < 4.78 is 33.3. The maximum atomic E-state index is 12.6. The van der Waals surface area contributed by atoms with E-state index < -0.39 is 32.5 Å². The van der Waals surface area contributed by atoms with Crippen molar-refractivity contribution in [2.75, 3.05) is 40.5 Å². The molecule has 9 nitrogen and oxygen atoms in total. The highest BCUT2D eigenvalue weighted by molar-refractivity contribution is 7.47. The number of phosphoric ester groups is 1. The zero-order valence-electron chi connectivity index (χ0n) is 33.7. The Hall–Kier alpha value is -2.55. The Labute approximate surface area is 323 Å². The summed E-state index contributed by atoms with van der Waals surface area (Å²) in [6.07, 6.45) is 43.8. The summed E-state index contributed by atoms with van der Waals surface area (Å²) in [4.78, 5) is 36.9. The first-order chi connectivity index (χ1) is 25.7. The standard InChI is InChI=1S/C43H74NO8P/c1-5-7-9-11-13-15-17-19-21-23-25-27-29-31-33-35-42(45)49-39-41(40-51-53(47,48)50-38-37-44(3)4)52-43(46)36-34-32-30-28-26-24-22-20-18-16-14-12-10-8-6-2/h8,10,13-16,19-22,26,28,41H,5-7,9,11-12,17-18,23-25,27,29-40H2,1-4H3,(H,47,48)/b10-8-,15-13-,16-14-,21-19-,22-20-,28-26-.